The third kappa shape index (κ3) is 7.31. The largest absolute Gasteiger partial charge is 0.385 e. The van der Waals surface area contributed by atoms with E-state index in [-0.39, 0.29) is 5.41 Å². The number of ether oxygens (including phenoxy) is 1. The quantitative estimate of drug-likeness (QED) is 0.626. The Morgan fingerprint density at radius 3 is 2.44 bits per heavy atom. The Morgan fingerprint density at radius 1 is 1.33 bits per heavy atom. The molecule has 1 unspecified atom stereocenters. The first kappa shape index (κ1) is 17.8. The van der Waals surface area contributed by atoms with Gasteiger partial charge in [0.05, 0.1) is 5.25 Å². The lowest BCUT2D eigenvalue weighted by Gasteiger charge is -2.25. The number of hydrogen-bond acceptors (Lipinski definition) is 4. The average molecular weight is 280 g/mol. The smallest absolute Gasteiger partial charge is 0.215 e. The van der Waals surface area contributed by atoms with Crippen LogP contribution in [0.2, 0.25) is 0 Å². The van der Waals surface area contributed by atoms with Crippen molar-refractivity contribution < 1.29 is 13.2 Å². The lowest BCUT2D eigenvalue weighted by atomic mass is 9.90. The van der Waals surface area contributed by atoms with E-state index in [1.807, 2.05) is 20.8 Å². The number of nitrogens with one attached hydrogen (secondary N) is 2. The van der Waals surface area contributed by atoms with E-state index >= 15 is 0 Å². The van der Waals surface area contributed by atoms with Gasteiger partial charge in [-0.05, 0) is 25.3 Å². The molecule has 0 aromatic rings. The van der Waals surface area contributed by atoms with Crippen molar-refractivity contribution in [2.75, 3.05) is 33.4 Å². The zero-order chi connectivity index (χ0) is 14.2. The Hall–Kier alpha value is -0.170. The molecular formula is C12H28N2O3S. The van der Waals surface area contributed by atoms with Gasteiger partial charge in [0.15, 0.2) is 0 Å². The number of rotatable bonds is 10. The van der Waals surface area contributed by atoms with Crippen LogP contribution in [-0.4, -0.2) is 47.0 Å². The molecule has 2 N–H and O–H groups in total. The van der Waals surface area contributed by atoms with Gasteiger partial charge in [0, 0.05) is 26.8 Å². The molecule has 6 heteroatoms. The predicted octanol–water partition coefficient (Wildman–Crippen LogP) is 0.967. The molecule has 110 valence electrons. The highest BCUT2D eigenvalue weighted by Gasteiger charge is 2.24. The normalized spacial score (nSPS) is 14.7. The molecule has 0 rings (SSSR count). The van der Waals surface area contributed by atoms with Crippen molar-refractivity contribution in [3.8, 4) is 0 Å². The second-order valence-corrected chi connectivity index (χ2v) is 7.57. The second kappa shape index (κ2) is 8.09. The minimum atomic E-state index is -3.24. The van der Waals surface area contributed by atoms with E-state index in [1.54, 1.807) is 14.0 Å². The van der Waals surface area contributed by atoms with E-state index in [4.69, 9.17) is 4.74 Å². The highest BCUT2D eigenvalue weighted by molar-refractivity contribution is 7.90. The molecule has 0 bridgehead atoms. The van der Waals surface area contributed by atoms with Gasteiger partial charge in [0.1, 0.15) is 0 Å². The summed E-state index contributed by atoms with van der Waals surface area (Å²) >= 11 is 0. The van der Waals surface area contributed by atoms with Crippen molar-refractivity contribution >= 4 is 10.0 Å². The highest BCUT2D eigenvalue weighted by atomic mass is 32.2. The third-order valence-electron chi connectivity index (χ3n) is 2.95. The zero-order valence-corrected chi connectivity index (χ0v) is 13.1. The van der Waals surface area contributed by atoms with Crippen molar-refractivity contribution in [2.24, 2.45) is 5.41 Å². The molecule has 18 heavy (non-hydrogen) atoms. The van der Waals surface area contributed by atoms with Crippen molar-refractivity contribution in [3.05, 3.63) is 0 Å². The molecular weight excluding hydrogens is 252 g/mol. The molecule has 0 spiro atoms. The maximum atomic E-state index is 12.0. The van der Waals surface area contributed by atoms with Crippen LogP contribution < -0.4 is 10.0 Å². The molecule has 0 saturated heterocycles. The first-order chi connectivity index (χ1) is 8.25. The number of sulfonamides is 1. The van der Waals surface area contributed by atoms with Crippen molar-refractivity contribution in [1.29, 1.82) is 0 Å². The predicted molar refractivity (Wildman–Crippen MR) is 75.2 cm³/mol. The van der Waals surface area contributed by atoms with Crippen molar-refractivity contribution in [1.82, 2.24) is 10.0 Å². The summed E-state index contributed by atoms with van der Waals surface area (Å²) < 4.78 is 31.7. The van der Waals surface area contributed by atoms with Gasteiger partial charge in [-0.15, -0.1) is 0 Å². The van der Waals surface area contributed by atoms with Gasteiger partial charge in [0.25, 0.3) is 0 Å². The van der Waals surface area contributed by atoms with Crippen LogP contribution in [0.15, 0.2) is 0 Å². The van der Waals surface area contributed by atoms with Crippen LogP contribution in [0, 0.1) is 5.41 Å². The molecule has 0 aliphatic heterocycles. The van der Waals surface area contributed by atoms with E-state index in [0.29, 0.717) is 19.7 Å². The zero-order valence-electron chi connectivity index (χ0n) is 12.2. The van der Waals surface area contributed by atoms with Crippen LogP contribution in [-0.2, 0) is 14.8 Å². The van der Waals surface area contributed by atoms with Gasteiger partial charge in [0.2, 0.25) is 10.0 Å². The van der Waals surface area contributed by atoms with Crippen LogP contribution in [0.5, 0.6) is 0 Å². The summed E-state index contributed by atoms with van der Waals surface area (Å²) in [5.74, 6) is 0. The van der Waals surface area contributed by atoms with Crippen molar-refractivity contribution in [3.63, 3.8) is 0 Å². The molecule has 0 radical (unpaired) electrons. The molecule has 0 amide bonds. The maximum absolute atomic E-state index is 12.0. The Morgan fingerprint density at radius 2 is 1.94 bits per heavy atom. The van der Waals surface area contributed by atoms with Crippen LogP contribution >= 0.6 is 0 Å². The molecule has 0 aliphatic carbocycles. The molecule has 0 aromatic carbocycles. The molecule has 5 nitrogen and oxygen atoms in total. The first-order valence-electron chi connectivity index (χ1n) is 6.43. The average Bonchev–Trinajstić information content (AvgIpc) is 2.31. The van der Waals surface area contributed by atoms with Gasteiger partial charge in [-0.25, -0.2) is 13.1 Å². The number of hydrogen-bond donors (Lipinski definition) is 2. The van der Waals surface area contributed by atoms with Crippen LogP contribution in [0.4, 0.5) is 0 Å². The van der Waals surface area contributed by atoms with E-state index in [0.717, 1.165) is 13.0 Å². The fourth-order valence-corrected chi connectivity index (χ4v) is 2.58. The minimum absolute atomic E-state index is 0.0962. The lowest BCUT2D eigenvalue weighted by Crippen LogP contribution is -2.42. The Bertz CT molecular complexity index is 315. The fraction of sp³-hybridized carbons (Fsp3) is 1.00. The summed E-state index contributed by atoms with van der Waals surface area (Å²) in [7, 11) is -1.59. The first-order valence-corrected chi connectivity index (χ1v) is 7.98. The highest BCUT2D eigenvalue weighted by Crippen LogP contribution is 2.19. The topological polar surface area (TPSA) is 67.4 Å². The summed E-state index contributed by atoms with van der Waals surface area (Å²) in [6, 6.07) is 0. The molecule has 0 aliphatic rings. The van der Waals surface area contributed by atoms with Gasteiger partial charge >= 0.3 is 0 Å². The van der Waals surface area contributed by atoms with Crippen LogP contribution in [0.1, 0.15) is 34.1 Å². The van der Waals surface area contributed by atoms with Crippen LogP contribution in [0.25, 0.3) is 0 Å². The number of methoxy groups -OCH3 is 1. The Kier molecular flexibility index (Phi) is 8.02. The van der Waals surface area contributed by atoms with Gasteiger partial charge in [-0.1, -0.05) is 20.8 Å². The minimum Gasteiger partial charge on any atom is -0.385 e. The summed E-state index contributed by atoms with van der Waals surface area (Å²) in [5.41, 5.74) is -0.0962. The molecule has 0 saturated carbocycles. The Balaban J connectivity index is 4.24. The van der Waals surface area contributed by atoms with Gasteiger partial charge < -0.3 is 10.1 Å². The van der Waals surface area contributed by atoms with Crippen LogP contribution in [0.3, 0.4) is 0 Å². The lowest BCUT2D eigenvalue weighted by molar-refractivity contribution is 0.153. The molecule has 0 aromatic heterocycles. The standard InChI is InChI=1S/C12H28N2O3S/c1-6-13-9-11(2)18(15,16)14-10-12(3,4)7-8-17-5/h11,13-14H,6-10H2,1-5H3. The maximum Gasteiger partial charge on any atom is 0.215 e. The van der Waals surface area contributed by atoms with Gasteiger partial charge in [-0.3, -0.25) is 0 Å². The van der Waals surface area contributed by atoms with E-state index < -0.39 is 15.3 Å². The monoisotopic (exact) mass is 280 g/mol. The van der Waals surface area contributed by atoms with E-state index in [9.17, 15) is 8.42 Å². The fourth-order valence-electron chi connectivity index (χ4n) is 1.36. The van der Waals surface area contributed by atoms with E-state index in [2.05, 4.69) is 10.0 Å². The van der Waals surface area contributed by atoms with E-state index in [1.165, 1.54) is 0 Å². The molecule has 0 heterocycles. The second-order valence-electron chi connectivity index (χ2n) is 5.39. The summed E-state index contributed by atoms with van der Waals surface area (Å²) in [6.07, 6.45) is 0.827. The summed E-state index contributed by atoms with van der Waals surface area (Å²) in [5, 5.41) is 2.63. The molecule has 1 atom stereocenters. The summed E-state index contributed by atoms with van der Waals surface area (Å²) in [4.78, 5) is 0. The summed E-state index contributed by atoms with van der Waals surface area (Å²) in [6.45, 7) is 10.1. The molecule has 0 fully saturated rings. The third-order valence-corrected chi connectivity index (χ3v) is 4.72. The van der Waals surface area contributed by atoms with Gasteiger partial charge in [-0.2, -0.15) is 0 Å². The van der Waals surface area contributed by atoms with Crippen molar-refractivity contribution in [2.45, 2.75) is 39.4 Å². The SMILES string of the molecule is CCNCC(C)S(=O)(=O)NCC(C)(C)CCOC. The Labute approximate surface area is 112 Å².